The second-order valence-corrected chi connectivity index (χ2v) is 3.79. The Morgan fingerprint density at radius 2 is 2.06 bits per heavy atom. The SMILES string of the molecule is COC(=O)c1ccc(-c2cccc(C)c2)nc1. The molecule has 0 aliphatic heterocycles. The highest BCUT2D eigenvalue weighted by Gasteiger charge is 2.06. The Labute approximate surface area is 100 Å². The molecule has 0 radical (unpaired) electrons. The summed E-state index contributed by atoms with van der Waals surface area (Å²) in [5, 5.41) is 0. The molecule has 1 aromatic carbocycles. The Bertz CT molecular complexity index is 532. The van der Waals surface area contributed by atoms with Crippen LogP contribution < -0.4 is 0 Å². The first-order valence-corrected chi connectivity index (χ1v) is 5.32. The molecule has 0 atom stereocenters. The molecule has 1 heterocycles. The van der Waals surface area contributed by atoms with E-state index in [1.54, 1.807) is 6.07 Å². The molecule has 0 saturated heterocycles. The first-order chi connectivity index (χ1) is 8.20. The Morgan fingerprint density at radius 3 is 2.65 bits per heavy atom. The highest BCUT2D eigenvalue weighted by atomic mass is 16.5. The number of benzene rings is 1. The zero-order valence-corrected chi connectivity index (χ0v) is 9.81. The zero-order valence-electron chi connectivity index (χ0n) is 9.81. The third kappa shape index (κ3) is 2.50. The first-order valence-electron chi connectivity index (χ1n) is 5.32. The summed E-state index contributed by atoms with van der Waals surface area (Å²) in [7, 11) is 1.36. The van der Waals surface area contributed by atoms with Gasteiger partial charge >= 0.3 is 5.97 Å². The Morgan fingerprint density at radius 1 is 1.24 bits per heavy atom. The molecule has 2 rings (SSSR count). The van der Waals surface area contributed by atoms with Crippen molar-refractivity contribution in [2.24, 2.45) is 0 Å². The summed E-state index contributed by atoms with van der Waals surface area (Å²) in [6.07, 6.45) is 1.53. The Kier molecular flexibility index (Phi) is 3.19. The monoisotopic (exact) mass is 227 g/mol. The predicted molar refractivity (Wildman–Crippen MR) is 65.7 cm³/mol. The van der Waals surface area contributed by atoms with Crippen molar-refractivity contribution in [1.82, 2.24) is 4.98 Å². The predicted octanol–water partition coefficient (Wildman–Crippen LogP) is 2.84. The van der Waals surface area contributed by atoms with Crippen LogP contribution in [0.5, 0.6) is 0 Å². The van der Waals surface area contributed by atoms with Gasteiger partial charge in [-0.1, -0.05) is 23.8 Å². The molecule has 2 aromatic rings. The zero-order chi connectivity index (χ0) is 12.3. The van der Waals surface area contributed by atoms with E-state index in [0.717, 1.165) is 11.3 Å². The fourth-order valence-electron chi connectivity index (χ4n) is 1.61. The molecule has 0 amide bonds. The van der Waals surface area contributed by atoms with Crippen LogP contribution >= 0.6 is 0 Å². The molecule has 3 heteroatoms. The summed E-state index contributed by atoms with van der Waals surface area (Å²) in [5.74, 6) is -0.367. The average molecular weight is 227 g/mol. The van der Waals surface area contributed by atoms with Crippen molar-refractivity contribution < 1.29 is 9.53 Å². The van der Waals surface area contributed by atoms with E-state index < -0.39 is 0 Å². The first kappa shape index (κ1) is 11.3. The van der Waals surface area contributed by atoms with E-state index in [0.29, 0.717) is 5.56 Å². The molecule has 17 heavy (non-hydrogen) atoms. The number of aryl methyl sites for hydroxylation is 1. The van der Waals surface area contributed by atoms with E-state index in [9.17, 15) is 4.79 Å². The number of ether oxygens (including phenoxy) is 1. The van der Waals surface area contributed by atoms with Gasteiger partial charge in [-0.05, 0) is 25.1 Å². The minimum atomic E-state index is -0.367. The number of carbonyl (C=O) groups excluding carboxylic acids is 1. The number of esters is 1. The summed E-state index contributed by atoms with van der Waals surface area (Å²) in [6, 6.07) is 11.6. The fraction of sp³-hybridized carbons (Fsp3) is 0.143. The maximum absolute atomic E-state index is 11.3. The van der Waals surface area contributed by atoms with Crippen LogP contribution in [0.25, 0.3) is 11.3 Å². The van der Waals surface area contributed by atoms with Gasteiger partial charge in [0.25, 0.3) is 0 Å². The summed E-state index contributed by atoms with van der Waals surface area (Å²) in [4.78, 5) is 15.5. The van der Waals surface area contributed by atoms with Crippen LogP contribution in [0, 0.1) is 6.92 Å². The topological polar surface area (TPSA) is 39.2 Å². The van der Waals surface area contributed by atoms with Crippen LogP contribution in [0.3, 0.4) is 0 Å². The van der Waals surface area contributed by atoms with Crippen molar-refractivity contribution in [3.63, 3.8) is 0 Å². The van der Waals surface area contributed by atoms with Gasteiger partial charge < -0.3 is 4.74 Å². The quantitative estimate of drug-likeness (QED) is 0.740. The smallest absolute Gasteiger partial charge is 0.339 e. The molecule has 0 aliphatic carbocycles. The number of hydrogen-bond acceptors (Lipinski definition) is 3. The number of methoxy groups -OCH3 is 1. The molecule has 86 valence electrons. The second-order valence-electron chi connectivity index (χ2n) is 3.79. The van der Waals surface area contributed by atoms with Crippen molar-refractivity contribution in [1.29, 1.82) is 0 Å². The molecule has 0 unspecified atom stereocenters. The molecular formula is C14H13NO2. The largest absolute Gasteiger partial charge is 0.465 e. The van der Waals surface area contributed by atoms with Gasteiger partial charge in [0.15, 0.2) is 0 Å². The maximum Gasteiger partial charge on any atom is 0.339 e. The van der Waals surface area contributed by atoms with E-state index in [1.807, 2.05) is 31.2 Å². The van der Waals surface area contributed by atoms with Gasteiger partial charge in [0, 0.05) is 11.8 Å². The van der Waals surface area contributed by atoms with E-state index >= 15 is 0 Å². The van der Waals surface area contributed by atoms with Crippen LogP contribution in [0.2, 0.25) is 0 Å². The van der Waals surface area contributed by atoms with E-state index in [4.69, 9.17) is 0 Å². The van der Waals surface area contributed by atoms with E-state index in [2.05, 4.69) is 15.8 Å². The molecule has 0 N–H and O–H groups in total. The van der Waals surface area contributed by atoms with Gasteiger partial charge in [-0.3, -0.25) is 4.98 Å². The highest BCUT2D eigenvalue weighted by Crippen LogP contribution is 2.18. The fourth-order valence-corrected chi connectivity index (χ4v) is 1.61. The minimum absolute atomic E-state index is 0.367. The van der Waals surface area contributed by atoms with Gasteiger partial charge in [-0.2, -0.15) is 0 Å². The van der Waals surface area contributed by atoms with Crippen LogP contribution in [0.15, 0.2) is 42.6 Å². The lowest BCUT2D eigenvalue weighted by Crippen LogP contribution is -2.01. The average Bonchev–Trinajstić information content (AvgIpc) is 2.38. The summed E-state index contributed by atoms with van der Waals surface area (Å²) in [6.45, 7) is 2.03. The van der Waals surface area contributed by atoms with Crippen molar-refractivity contribution in [2.45, 2.75) is 6.92 Å². The van der Waals surface area contributed by atoms with Crippen molar-refractivity contribution in [2.75, 3.05) is 7.11 Å². The lowest BCUT2D eigenvalue weighted by atomic mass is 10.1. The molecule has 1 aromatic heterocycles. The molecule has 0 bridgehead atoms. The minimum Gasteiger partial charge on any atom is -0.465 e. The molecule has 0 aliphatic rings. The Balaban J connectivity index is 2.32. The van der Waals surface area contributed by atoms with Crippen molar-refractivity contribution in [3.8, 4) is 11.3 Å². The molecule has 0 spiro atoms. The summed E-state index contributed by atoms with van der Waals surface area (Å²) >= 11 is 0. The number of aromatic nitrogens is 1. The van der Waals surface area contributed by atoms with Crippen LogP contribution in [0.4, 0.5) is 0 Å². The van der Waals surface area contributed by atoms with Crippen molar-refractivity contribution in [3.05, 3.63) is 53.7 Å². The molecule has 0 fully saturated rings. The lowest BCUT2D eigenvalue weighted by molar-refractivity contribution is 0.0600. The molecular weight excluding hydrogens is 214 g/mol. The van der Waals surface area contributed by atoms with Crippen LogP contribution in [-0.4, -0.2) is 18.1 Å². The third-order valence-electron chi connectivity index (χ3n) is 2.50. The van der Waals surface area contributed by atoms with Crippen LogP contribution in [0.1, 0.15) is 15.9 Å². The molecule has 0 saturated carbocycles. The molecule has 3 nitrogen and oxygen atoms in total. The normalized spacial score (nSPS) is 10.0. The number of pyridine rings is 1. The van der Waals surface area contributed by atoms with Gasteiger partial charge in [-0.25, -0.2) is 4.79 Å². The van der Waals surface area contributed by atoms with Gasteiger partial charge in [0.05, 0.1) is 18.4 Å². The number of hydrogen-bond donors (Lipinski definition) is 0. The number of nitrogens with zero attached hydrogens (tertiary/aromatic N) is 1. The van der Waals surface area contributed by atoms with Gasteiger partial charge in [0.2, 0.25) is 0 Å². The third-order valence-corrected chi connectivity index (χ3v) is 2.50. The van der Waals surface area contributed by atoms with Crippen molar-refractivity contribution >= 4 is 5.97 Å². The number of rotatable bonds is 2. The van der Waals surface area contributed by atoms with E-state index in [1.165, 1.54) is 18.9 Å². The summed E-state index contributed by atoms with van der Waals surface area (Å²) in [5.41, 5.74) is 3.54. The maximum atomic E-state index is 11.3. The number of carbonyl (C=O) groups is 1. The Hall–Kier alpha value is -2.16. The second kappa shape index (κ2) is 4.78. The highest BCUT2D eigenvalue weighted by molar-refractivity contribution is 5.89. The van der Waals surface area contributed by atoms with Gasteiger partial charge in [-0.15, -0.1) is 0 Å². The van der Waals surface area contributed by atoms with Crippen LogP contribution in [-0.2, 0) is 4.74 Å². The lowest BCUT2D eigenvalue weighted by Gasteiger charge is -2.03. The summed E-state index contributed by atoms with van der Waals surface area (Å²) < 4.78 is 4.62. The van der Waals surface area contributed by atoms with Gasteiger partial charge in [0.1, 0.15) is 0 Å². The van der Waals surface area contributed by atoms with E-state index in [-0.39, 0.29) is 5.97 Å². The standard InChI is InChI=1S/C14H13NO2/c1-10-4-3-5-11(8-10)13-7-6-12(9-15-13)14(16)17-2/h3-9H,1-2H3.